The normalized spacial score (nSPS) is 24.1. The average molecular weight is 357 g/mol. The Balaban J connectivity index is 1.46. The van der Waals surface area contributed by atoms with Crippen LogP contribution >= 0.6 is 0 Å². The Morgan fingerprint density at radius 1 is 1.23 bits per heavy atom. The van der Waals surface area contributed by atoms with Gasteiger partial charge in [-0.15, -0.1) is 0 Å². The molecule has 2 atom stereocenters. The first-order valence-electron chi connectivity index (χ1n) is 9.94. The fourth-order valence-corrected chi connectivity index (χ4v) is 4.32. The molecule has 2 fully saturated rings. The van der Waals surface area contributed by atoms with Crippen LogP contribution in [-0.2, 0) is 4.79 Å². The van der Waals surface area contributed by atoms with Gasteiger partial charge in [0, 0.05) is 43.9 Å². The maximum absolute atomic E-state index is 12.4. The van der Waals surface area contributed by atoms with Crippen molar-refractivity contribution in [3.8, 4) is 0 Å². The molecule has 2 saturated heterocycles. The Morgan fingerprint density at radius 3 is 2.69 bits per heavy atom. The van der Waals surface area contributed by atoms with Gasteiger partial charge in [0.2, 0.25) is 5.91 Å². The standard InChI is InChI=1S/C21H31N3O2/c1-16-12-17(2)15-23(14-16)10-5-9-22-21(26)18-6-3-7-19(13-18)24-11-4-8-20(24)25/h3,6-7,13,16-17H,4-5,8-12,14-15H2,1-2H3,(H,22,26)/t16-,17-/m0/s1. The molecule has 142 valence electrons. The van der Waals surface area contributed by atoms with Crippen LogP contribution in [0.5, 0.6) is 0 Å². The molecule has 2 aliphatic rings. The zero-order chi connectivity index (χ0) is 18.5. The van der Waals surface area contributed by atoms with Crippen LogP contribution in [-0.4, -0.2) is 49.4 Å². The first-order valence-corrected chi connectivity index (χ1v) is 9.94. The summed E-state index contributed by atoms with van der Waals surface area (Å²) < 4.78 is 0. The number of carbonyl (C=O) groups excluding carboxylic acids is 2. The topological polar surface area (TPSA) is 52.7 Å². The second kappa shape index (κ2) is 8.67. The molecule has 2 heterocycles. The van der Waals surface area contributed by atoms with Crippen molar-refractivity contribution in [2.24, 2.45) is 11.8 Å². The number of hydrogen-bond donors (Lipinski definition) is 1. The number of hydrogen-bond acceptors (Lipinski definition) is 3. The summed E-state index contributed by atoms with van der Waals surface area (Å²) in [7, 11) is 0. The Kier molecular flexibility index (Phi) is 6.30. The number of rotatable bonds is 6. The summed E-state index contributed by atoms with van der Waals surface area (Å²) in [5.41, 5.74) is 1.46. The molecule has 1 aromatic rings. The molecule has 1 aromatic carbocycles. The van der Waals surface area contributed by atoms with E-state index >= 15 is 0 Å². The van der Waals surface area contributed by atoms with E-state index in [4.69, 9.17) is 0 Å². The van der Waals surface area contributed by atoms with Crippen molar-refractivity contribution in [1.82, 2.24) is 10.2 Å². The van der Waals surface area contributed by atoms with E-state index in [1.807, 2.05) is 24.3 Å². The summed E-state index contributed by atoms with van der Waals surface area (Å²) in [6, 6.07) is 7.39. The molecule has 5 nitrogen and oxygen atoms in total. The number of piperidine rings is 1. The highest BCUT2D eigenvalue weighted by Crippen LogP contribution is 2.22. The number of benzene rings is 1. The van der Waals surface area contributed by atoms with Gasteiger partial charge in [0.15, 0.2) is 0 Å². The molecule has 0 unspecified atom stereocenters. The smallest absolute Gasteiger partial charge is 0.251 e. The largest absolute Gasteiger partial charge is 0.352 e. The van der Waals surface area contributed by atoms with E-state index in [-0.39, 0.29) is 11.8 Å². The van der Waals surface area contributed by atoms with E-state index in [2.05, 4.69) is 24.1 Å². The highest BCUT2D eigenvalue weighted by atomic mass is 16.2. The molecule has 2 amide bonds. The van der Waals surface area contributed by atoms with Crippen molar-refractivity contribution >= 4 is 17.5 Å². The van der Waals surface area contributed by atoms with Gasteiger partial charge in [0.1, 0.15) is 0 Å². The zero-order valence-corrected chi connectivity index (χ0v) is 16.0. The summed E-state index contributed by atoms with van der Waals surface area (Å²) >= 11 is 0. The van der Waals surface area contributed by atoms with Crippen LogP contribution < -0.4 is 10.2 Å². The molecule has 1 N–H and O–H groups in total. The molecule has 3 rings (SSSR count). The quantitative estimate of drug-likeness (QED) is 0.797. The number of carbonyl (C=O) groups is 2. The summed E-state index contributed by atoms with van der Waals surface area (Å²) in [6.07, 6.45) is 3.78. The summed E-state index contributed by atoms with van der Waals surface area (Å²) in [5, 5.41) is 3.02. The van der Waals surface area contributed by atoms with E-state index in [1.54, 1.807) is 4.90 Å². The number of nitrogens with zero attached hydrogens (tertiary/aromatic N) is 2. The number of anilines is 1. The van der Waals surface area contributed by atoms with E-state index < -0.39 is 0 Å². The molecule has 5 heteroatoms. The third kappa shape index (κ3) is 4.85. The van der Waals surface area contributed by atoms with Crippen molar-refractivity contribution in [2.75, 3.05) is 37.6 Å². The van der Waals surface area contributed by atoms with Crippen LogP contribution in [0.2, 0.25) is 0 Å². The van der Waals surface area contributed by atoms with Gasteiger partial charge in [0.25, 0.3) is 5.91 Å². The molecule has 0 spiro atoms. The van der Waals surface area contributed by atoms with E-state index in [0.717, 1.165) is 43.5 Å². The molecule has 2 aliphatic heterocycles. The SMILES string of the molecule is C[C@H]1C[C@H](C)CN(CCCNC(=O)c2cccc(N3CCCC3=O)c2)C1. The fraction of sp³-hybridized carbons (Fsp3) is 0.619. The van der Waals surface area contributed by atoms with Gasteiger partial charge in [-0.05, 0) is 55.8 Å². The zero-order valence-electron chi connectivity index (χ0n) is 16.0. The van der Waals surface area contributed by atoms with Crippen molar-refractivity contribution in [3.05, 3.63) is 29.8 Å². The van der Waals surface area contributed by atoms with Gasteiger partial charge >= 0.3 is 0 Å². The predicted molar refractivity (Wildman–Crippen MR) is 104 cm³/mol. The average Bonchev–Trinajstić information content (AvgIpc) is 3.04. The minimum atomic E-state index is -0.0566. The van der Waals surface area contributed by atoms with Crippen molar-refractivity contribution in [3.63, 3.8) is 0 Å². The van der Waals surface area contributed by atoms with E-state index in [1.165, 1.54) is 19.5 Å². The van der Waals surface area contributed by atoms with Crippen LogP contribution in [0.1, 0.15) is 49.9 Å². The van der Waals surface area contributed by atoms with Gasteiger partial charge in [-0.3, -0.25) is 9.59 Å². The Labute approximate surface area is 156 Å². The molecule has 0 aromatic heterocycles. The van der Waals surface area contributed by atoms with Crippen LogP contribution in [0.25, 0.3) is 0 Å². The van der Waals surface area contributed by atoms with E-state index in [0.29, 0.717) is 18.5 Å². The van der Waals surface area contributed by atoms with Crippen molar-refractivity contribution < 1.29 is 9.59 Å². The minimum absolute atomic E-state index is 0.0566. The van der Waals surface area contributed by atoms with Crippen LogP contribution in [0.4, 0.5) is 5.69 Å². The third-order valence-corrected chi connectivity index (χ3v) is 5.37. The van der Waals surface area contributed by atoms with Crippen LogP contribution in [0, 0.1) is 11.8 Å². The minimum Gasteiger partial charge on any atom is -0.352 e. The number of amides is 2. The first kappa shape index (κ1) is 18.9. The highest BCUT2D eigenvalue weighted by molar-refractivity contribution is 5.99. The molecule has 26 heavy (non-hydrogen) atoms. The van der Waals surface area contributed by atoms with Gasteiger partial charge in [-0.2, -0.15) is 0 Å². The molecule has 0 radical (unpaired) electrons. The molecule has 0 bridgehead atoms. The summed E-state index contributed by atoms with van der Waals surface area (Å²) in [4.78, 5) is 28.6. The lowest BCUT2D eigenvalue weighted by Gasteiger charge is -2.34. The highest BCUT2D eigenvalue weighted by Gasteiger charge is 2.23. The lowest BCUT2D eigenvalue weighted by atomic mass is 9.92. The lowest BCUT2D eigenvalue weighted by molar-refractivity contribution is -0.117. The second-order valence-corrected chi connectivity index (χ2v) is 8.01. The van der Waals surface area contributed by atoms with Gasteiger partial charge in [0.05, 0.1) is 0 Å². The lowest BCUT2D eigenvalue weighted by Crippen LogP contribution is -2.40. The molecular formula is C21H31N3O2. The van der Waals surface area contributed by atoms with Gasteiger partial charge < -0.3 is 15.1 Å². The Bertz CT molecular complexity index is 636. The Morgan fingerprint density at radius 2 is 2.00 bits per heavy atom. The monoisotopic (exact) mass is 357 g/mol. The van der Waals surface area contributed by atoms with Gasteiger partial charge in [-0.25, -0.2) is 0 Å². The maximum atomic E-state index is 12.4. The molecular weight excluding hydrogens is 326 g/mol. The molecule has 0 saturated carbocycles. The predicted octanol–water partition coefficient (Wildman–Crippen LogP) is 2.91. The number of likely N-dealkylation sites (tertiary alicyclic amines) is 1. The summed E-state index contributed by atoms with van der Waals surface area (Å²) in [6.45, 7) is 9.46. The third-order valence-electron chi connectivity index (χ3n) is 5.37. The second-order valence-electron chi connectivity index (χ2n) is 8.01. The van der Waals surface area contributed by atoms with Gasteiger partial charge in [-0.1, -0.05) is 19.9 Å². The summed E-state index contributed by atoms with van der Waals surface area (Å²) in [5.74, 6) is 1.63. The van der Waals surface area contributed by atoms with E-state index in [9.17, 15) is 9.59 Å². The van der Waals surface area contributed by atoms with Crippen LogP contribution in [0.3, 0.4) is 0 Å². The van der Waals surface area contributed by atoms with Crippen molar-refractivity contribution in [2.45, 2.75) is 39.5 Å². The first-order chi connectivity index (χ1) is 12.5. The van der Waals surface area contributed by atoms with Crippen LogP contribution in [0.15, 0.2) is 24.3 Å². The number of nitrogens with one attached hydrogen (secondary N) is 1. The maximum Gasteiger partial charge on any atom is 0.251 e. The molecule has 0 aliphatic carbocycles. The van der Waals surface area contributed by atoms with Crippen molar-refractivity contribution in [1.29, 1.82) is 0 Å². The fourth-order valence-electron chi connectivity index (χ4n) is 4.32. The Hall–Kier alpha value is -1.88.